The first kappa shape index (κ1) is 12.5. The third kappa shape index (κ3) is 3.28. The Morgan fingerprint density at radius 3 is 2.79 bits per heavy atom. The van der Waals surface area contributed by atoms with Gasteiger partial charge in [0.2, 0.25) is 0 Å². The molecule has 19 heavy (non-hydrogen) atoms. The molecule has 0 radical (unpaired) electrons. The fraction of sp³-hybridized carbons (Fsp3) is 0.333. The van der Waals surface area contributed by atoms with Crippen molar-refractivity contribution in [2.45, 2.75) is 13.0 Å². The highest BCUT2D eigenvalue weighted by Crippen LogP contribution is 2.30. The van der Waals surface area contributed by atoms with Crippen LogP contribution in [0.4, 0.5) is 0 Å². The molecule has 1 aliphatic rings. The van der Waals surface area contributed by atoms with Crippen LogP contribution in [-0.4, -0.2) is 19.8 Å². The van der Waals surface area contributed by atoms with Gasteiger partial charge in [-0.15, -0.1) is 0 Å². The molecular weight excluding hydrogens is 258 g/mol. The van der Waals surface area contributed by atoms with E-state index in [4.69, 9.17) is 9.47 Å². The van der Waals surface area contributed by atoms with E-state index in [0.717, 1.165) is 31.0 Å². The van der Waals surface area contributed by atoms with Crippen molar-refractivity contribution in [2.24, 2.45) is 0 Å². The molecule has 1 aromatic heterocycles. The van der Waals surface area contributed by atoms with E-state index < -0.39 is 0 Å². The number of hydrogen-bond donors (Lipinski definition) is 1. The molecule has 4 heteroatoms. The van der Waals surface area contributed by atoms with Crippen LogP contribution in [0.2, 0.25) is 0 Å². The number of nitrogens with one attached hydrogen (secondary N) is 1. The average Bonchev–Trinajstić information content (AvgIpc) is 2.97. The van der Waals surface area contributed by atoms with Crippen LogP contribution in [0.25, 0.3) is 0 Å². The minimum atomic E-state index is 0.646. The van der Waals surface area contributed by atoms with Gasteiger partial charge >= 0.3 is 0 Å². The molecule has 3 nitrogen and oxygen atoms in total. The normalized spacial score (nSPS) is 13.5. The van der Waals surface area contributed by atoms with Crippen LogP contribution in [0, 0.1) is 0 Å². The first-order valence-electron chi connectivity index (χ1n) is 6.52. The van der Waals surface area contributed by atoms with E-state index in [1.807, 2.05) is 6.07 Å². The number of ether oxygens (including phenoxy) is 2. The van der Waals surface area contributed by atoms with Gasteiger partial charge in [0, 0.05) is 6.54 Å². The molecule has 0 spiro atoms. The Morgan fingerprint density at radius 1 is 1.05 bits per heavy atom. The molecule has 0 unspecified atom stereocenters. The molecule has 0 amide bonds. The van der Waals surface area contributed by atoms with E-state index >= 15 is 0 Å². The van der Waals surface area contributed by atoms with Crippen LogP contribution in [-0.2, 0) is 13.0 Å². The second kappa shape index (κ2) is 6.08. The fourth-order valence-electron chi connectivity index (χ4n) is 2.10. The number of fused-ring (bicyclic) bond motifs is 1. The van der Waals surface area contributed by atoms with Crippen molar-refractivity contribution in [3.63, 3.8) is 0 Å². The molecule has 0 fully saturated rings. The van der Waals surface area contributed by atoms with Crippen LogP contribution in [0.3, 0.4) is 0 Å². The monoisotopic (exact) mass is 275 g/mol. The van der Waals surface area contributed by atoms with Gasteiger partial charge in [0.25, 0.3) is 0 Å². The van der Waals surface area contributed by atoms with Crippen LogP contribution in [0.15, 0.2) is 35.0 Å². The zero-order valence-electron chi connectivity index (χ0n) is 10.7. The lowest BCUT2D eigenvalue weighted by Gasteiger charge is -2.18. The molecule has 1 aliphatic heterocycles. The maximum absolute atomic E-state index is 5.59. The maximum atomic E-state index is 5.59. The molecule has 1 N–H and O–H groups in total. The summed E-state index contributed by atoms with van der Waals surface area (Å²) >= 11 is 1.74. The third-order valence-electron chi connectivity index (χ3n) is 3.11. The quantitative estimate of drug-likeness (QED) is 0.851. The Kier molecular flexibility index (Phi) is 4.01. The first-order valence-corrected chi connectivity index (χ1v) is 7.46. The highest BCUT2D eigenvalue weighted by atomic mass is 32.1. The van der Waals surface area contributed by atoms with E-state index in [2.05, 4.69) is 34.3 Å². The van der Waals surface area contributed by atoms with Crippen LogP contribution < -0.4 is 14.8 Å². The number of rotatable bonds is 5. The van der Waals surface area contributed by atoms with Gasteiger partial charge in [-0.2, -0.15) is 11.3 Å². The van der Waals surface area contributed by atoms with Gasteiger partial charge in [-0.1, -0.05) is 6.07 Å². The van der Waals surface area contributed by atoms with E-state index in [-0.39, 0.29) is 0 Å². The van der Waals surface area contributed by atoms with Gasteiger partial charge in [-0.05, 0) is 53.1 Å². The van der Waals surface area contributed by atoms with Gasteiger partial charge in [0.05, 0.1) is 0 Å². The van der Waals surface area contributed by atoms with Gasteiger partial charge in [0.1, 0.15) is 13.2 Å². The van der Waals surface area contributed by atoms with Gasteiger partial charge in [-0.3, -0.25) is 0 Å². The summed E-state index contributed by atoms with van der Waals surface area (Å²) in [5.74, 6) is 1.74. The van der Waals surface area contributed by atoms with Crippen molar-refractivity contribution in [1.82, 2.24) is 5.32 Å². The Balaban J connectivity index is 1.50. The summed E-state index contributed by atoms with van der Waals surface area (Å²) in [6.45, 7) is 3.20. The van der Waals surface area contributed by atoms with Crippen molar-refractivity contribution in [3.05, 3.63) is 46.2 Å². The maximum Gasteiger partial charge on any atom is 0.161 e. The van der Waals surface area contributed by atoms with Crippen molar-refractivity contribution in [3.8, 4) is 11.5 Å². The van der Waals surface area contributed by atoms with E-state index in [1.54, 1.807) is 11.3 Å². The Labute approximate surface area is 117 Å². The highest BCUT2D eigenvalue weighted by molar-refractivity contribution is 7.07. The van der Waals surface area contributed by atoms with Crippen LogP contribution >= 0.6 is 11.3 Å². The summed E-state index contributed by atoms with van der Waals surface area (Å²) in [4.78, 5) is 0. The first-order chi connectivity index (χ1) is 9.42. The molecular formula is C15H17NO2S. The molecule has 1 aromatic carbocycles. The van der Waals surface area contributed by atoms with Gasteiger partial charge < -0.3 is 14.8 Å². The predicted octanol–water partition coefficient (Wildman–Crippen LogP) is 2.85. The zero-order chi connectivity index (χ0) is 12.9. The molecule has 3 rings (SSSR count). The topological polar surface area (TPSA) is 30.5 Å². The Bertz CT molecular complexity index is 525. The third-order valence-corrected chi connectivity index (χ3v) is 3.84. The molecule has 0 saturated heterocycles. The van der Waals surface area contributed by atoms with Crippen molar-refractivity contribution >= 4 is 11.3 Å². The zero-order valence-corrected chi connectivity index (χ0v) is 11.5. The lowest BCUT2D eigenvalue weighted by atomic mass is 10.1. The summed E-state index contributed by atoms with van der Waals surface area (Å²) in [5, 5.41) is 7.74. The van der Waals surface area contributed by atoms with Crippen LogP contribution in [0.1, 0.15) is 11.1 Å². The van der Waals surface area contributed by atoms with E-state index in [9.17, 15) is 0 Å². The van der Waals surface area contributed by atoms with Crippen molar-refractivity contribution in [2.75, 3.05) is 19.8 Å². The number of thiophene rings is 1. The highest BCUT2D eigenvalue weighted by Gasteiger charge is 2.11. The molecule has 0 saturated carbocycles. The molecule has 2 heterocycles. The average molecular weight is 275 g/mol. The molecule has 0 atom stereocenters. The smallest absolute Gasteiger partial charge is 0.161 e. The molecule has 0 bridgehead atoms. The Morgan fingerprint density at radius 2 is 1.95 bits per heavy atom. The number of benzene rings is 1. The molecule has 2 aromatic rings. The van der Waals surface area contributed by atoms with Crippen LogP contribution in [0.5, 0.6) is 11.5 Å². The minimum Gasteiger partial charge on any atom is -0.486 e. The van der Waals surface area contributed by atoms with Crippen molar-refractivity contribution in [1.29, 1.82) is 0 Å². The molecule has 100 valence electrons. The van der Waals surface area contributed by atoms with Gasteiger partial charge in [0.15, 0.2) is 11.5 Å². The number of hydrogen-bond acceptors (Lipinski definition) is 4. The summed E-state index contributed by atoms with van der Waals surface area (Å²) in [7, 11) is 0. The second-order valence-corrected chi connectivity index (χ2v) is 5.32. The lowest BCUT2D eigenvalue weighted by molar-refractivity contribution is 0.171. The summed E-state index contributed by atoms with van der Waals surface area (Å²) in [6, 6.07) is 8.35. The summed E-state index contributed by atoms with van der Waals surface area (Å²) in [6.07, 6.45) is 1.00. The molecule has 0 aliphatic carbocycles. The van der Waals surface area contributed by atoms with E-state index in [0.29, 0.717) is 13.2 Å². The van der Waals surface area contributed by atoms with Crippen molar-refractivity contribution < 1.29 is 9.47 Å². The lowest BCUT2D eigenvalue weighted by Crippen LogP contribution is -2.17. The largest absolute Gasteiger partial charge is 0.486 e. The van der Waals surface area contributed by atoms with Gasteiger partial charge in [-0.25, -0.2) is 0 Å². The second-order valence-electron chi connectivity index (χ2n) is 4.54. The summed E-state index contributed by atoms with van der Waals surface area (Å²) < 4.78 is 11.1. The predicted molar refractivity (Wildman–Crippen MR) is 77.2 cm³/mol. The SMILES string of the molecule is c1cc(CNCCc2ccc3c(c2)OCCO3)cs1. The Hall–Kier alpha value is -1.52. The fourth-order valence-corrected chi connectivity index (χ4v) is 2.77. The standard InChI is InChI=1S/C15H17NO2S/c1-2-14-15(18-7-6-17-14)9-12(1)3-5-16-10-13-4-8-19-11-13/h1-2,4,8-9,11,16H,3,5-7,10H2. The van der Waals surface area contributed by atoms with E-state index in [1.165, 1.54) is 11.1 Å². The minimum absolute atomic E-state index is 0.646. The summed E-state index contributed by atoms with van der Waals surface area (Å²) in [5.41, 5.74) is 2.63.